The largest absolute Gasteiger partial charge is 0.381 e. The summed E-state index contributed by atoms with van der Waals surface area (Å²) in [5, 5.41) is 3.32. The van der Waals surface area contributed by atoms with Crippen LogP contribution in [0.5, 0.6) is 0 Å². The molecule has 3 heterocycles. The number of nitrogens with one attached hydrogen (secondary N) is 1. The number of hydrogen-bond acceptors (Lipinski definition) is 4. The smallest absolute Gasteiger partial charge is 0.238 e. The van der Waals surface area contributed by atoms with E-state index in [1.807, 2.05) is 4.90 Å². The highest BCUT2D eigenvalue weighted by molar-refractivity contribution is 7.12. The number of hydrogen-bond donors (Lipinski definition) is 1. The van der Waals surface area contributed by atoms with E-state index >= 15 is 0 Å². The van der Waals surface area contributed by atoms with Crippen LogP contribution in [0.25, 0.3) is 0 Å². The van der Waals surface area contributed by atoms with Gasteiger partial charge in [0.1, 0.15) is 6.17 Å². The van der Waals surface area contributed by atoms with Crippen molar-refractivity contribution < 1.29 is 9.53 Å². The van der Waals surface area contributed by atoms with Gasteiger partial charge in [0.15, 0.2) is 0 Å². The van der Waals surface area contributed by atoms with Gasteiger partial charge < -0.3 is 9.64 Å². The predicted octanol–water partition coefficient (Wildman–Crippen LogP) is 1.91. The Morgan fingerprint density at radius 3 is 3.11 bits per heavy atom. The second kappa shape index (κ2) is 5.61. The molecule has 3 rings (SSSR count). The van der Waals surface area contributed by atoms with Crippen LogP contribution in [0.4, 0.5) is 0 Å². The molecular formula is C14H20N2O2S. The molecule has 0 spiro atoms. The van der Waals surface area contributed by atoms with Crippen LogP contribution in [0.3, 0.4) is 0 Å². The average Bonchev–Trinajstić information content (AvgIpc) is 3.08. The molecule has 2 saturated heterocycles. The monoisotopic (exact) mass is 280 g/mol. The summed E-state index contributed by atoms with van der Waals surface area (Å²) in [5.41, 5.74) is 0. The molecule has 0 bridgehead atoms. The average molecular weight is 280 g/mol. The topological polar surface area (TPSA) is 41.6 Å². The van der Waals surface area contributed by atoms with E-state index in [2.05, 4.69) is 24.4 Å². The fourth-order valence-corrected chi connectivity index (χ4v) is 3.75. The third kappa shape index (κ3) is 2.83. The first-order chi connectivity index (χ1) is 9.24. The normalized spacial score (nSPS) is 27.4. The Morgan fingerprint density at radius 1 is 1.53 bits per heavy atom. The van der Waals surface area contributed by atoms with Crippen LogP contribution in [0.15, 0.2) is 12.1 Å². The third-order valence-electron chi connectivity index (χ3n) is 3.91. The van der Waals surface area contributed by atoms with Gasteiger partial charge in [0.05, 0.1) is 6.54 Å². The van der Waals surface area contributed by atoms with Gasteiger partial charge in [-0.25, -0.2) is 0 Å². The van der Waals surface area contributed by atoms with E-state index in [9.17, 15) is 4.79 Å². The minimum atomic E-state index is 0.0773. The Bertz CT molecular complexity index is 454. The summed E-state index contributed by atoms with van der Waals surface area (Å²) in [4.78, 5) is 16.5. The van der Waals surface area contributed by atoms with Gasteiger partial charge in [-0.15, -0.1) is 11.3 Å². The highest BCUT2D eigenvalue weighted by atomic mass is 32.1. The van der Waals surface area contributed by atoms with Gasteiger partial charge >= 0.3 is 0 Å². The third-order valence-corrected chi connectivity index (χ3v) is 4.96. The van der Waals surface area contributed by atoms with Gasteiger partial charge in [0.2, 0.25) is 5.91 Å². The maximum atomic E-state index is 12.0. The van der Waals surface area contributed by atoms with E-state index in [0.29, 0.717) is 12.5 Å². The molecule has 0 aliphatic carbocycles. The molecule has 2 atom stereocenters. The number of ether oxygens (including phenoxy) is 1. The molecule has 2 unspecified atom stereocenters. The van der Waals surface area contributed by atoms with E-state index in [-0.39, 0.29) is 12.1 Å². The van der Waals surface area contributed by atoms with Crippen molar-refractivity contribution in [3.63, 3.8) is 0 Å². The Labute approximate surface area is 117 Å². The Morgan fingerprint density at radius 2 is 2.42 bits per heavy atom. The Kier molecular flexibility index (Phi) is 3.86. The summed E-state index contributed by atoms with van der Waals surface area (Å²) in [7, 11) is 0. The molecule has 2 aliphatic rings. The zero-order valence-corrected chi connectivity index (χ0v) is 12.0. The van der Waals surface area contributed by atoms with E-state index in [4.69, 9.17) is 4.74 Å². The highest BCUT2D eigenvalue weighted by Gasteiger charge is 2.32. The molecule has 2 fully saturated rings. The quantitative estimate of drug-likeness (QED) is 0.916. The molecule has 0 saturated carbocycles. The first kappa shape index (κ1) is 13.1. The van der Waals surface area contributed by atoms with Crippen molar-refractivity contribution in [3.8, 4) is 0 Å². The van der Waals surface area contributed by atoms with Gasteiger partial charge in [-0.1, -0.05) is 0 Å². The lowest BCUT2D eigenvalue weighted by Gasteiger charge is -2.24. The predicted molar refractivity (Wildman–Crippen MR) is 75.1 cm³/mol. The van der Waals surface area contributed by atoms with E-state index < -0.39 is 0 Å². The van der Waals surface area contributed by atoms with Gasteiger partial charge in [0, 0.05) is 29.5 Å². The van der Waals surface area contributed by atoms with Crippen molar-refractivity contribution in [1.29, 1.82) is 0 Å². The Balaban J connectivity index is 1.64. The van der Waals surface area contributed by atoms with Crippen molar-refractivity contribution in [1.82, 2.24) is 10.2 Å². The molecular weight excluding hydrogens is 260 g/mol. The standard InChI is InChI=1S/C14H20N2O2S/c1-10-2-3-12(19-10)14-15-8-13(17)16(14)6-4-11-5-7-18-9-11/h2-3,11,14-15H,4-9H2,1H3. The van der Waals surface area contributed by atoms with Gasteiger partial charge in [-0.2, -0.15) is 0 Å². The summed E-state index contributed by atoms with van der Waals surface area (Å²) in [6.07, 6.45) is 2.26. The SMILES string of the molecule is Cc1ccc(C2NCC(=O)N2CCC2CCOC2)s1. The summed E-state index contributed by atoms with van der Waals surface area (Å²) in [6, 6.07) is 4.25. The molecule has 0 aromatic carbocycles. The number of carbonyl (C=O) groups excluding carboxylic acids is 1. The number of amides is 1. The van der Waals surface area contributed by atoms with Crippen molar-refractivity contribution in [2.24, 2.45) is 5.92 Å². The fraction of sp³-hybridized carbons (Fsp3) is 0.643. The van der Waals surface area contributed by atoms with Crippen LogP contribution in [0, 0.1) is 12.8 Å². The van der Waals surface area contributed by atoms with Crippen LogP contribution in [0.2, 0.25) is 0 Å². The Hall–Kier alpha value is -0.910. The van der Waals surface area contributed by atoms with E-state index in [1.165, 1.54) is 9.75 Å². The number of rotatable bonds is 4. The lowest BCUT2D eigenvalue weighted by molar-refractivity contribution is -0.128. The summed E-state index contributed by atoms with van der Waals surface area (Å²) >= 11 is 1.77. The fourth-order valence-electron chi connectivity index (χ4n) is 2.78. The molecule has 19 heavy (non-hydrogen) atoms. The molecule has 5 heteroatoms. The summed E-state index contributed by atoms with van der Waals surface area (Å²) in [6.45, 7) is 5.14. The molecule has 1 N–H and O–H groups in total. The number of aryl methyl sites for hydroxylation is 1. The van der Waals surface area contributed by atoms with Crippen molar-refractivity contribution >= 4 is 17.2 Å². The maximum Gasteiger partial charge on any atom is 0.238 e. The van der Waals surface area contributed by atoms with Gasteiger partial charge in [-0.3, -0.25) is 10.1 Å². The minimum absolute atomic E-state index is 0.0773. The summed E-state index contributed by atoms with van der Waals surface area (Å²) in [5.74, 6) is 0.842. The maximum absolute atomic E-state index is 12.0. The van der Waals surface area contributed by atoms with Crippen LogP contribution in [0.1, 0.15) is 28.8 Å². The molecule has 1 amide bonds. The second-order valence-corrected chi connectivity index (χ2v) is 6.66. The van der Waals surface area contributed by atoms with Crippen LogP contribution < -0.4 is 5.32 Å². The molecule has 1 aromatic heterocycles. The zero-order valence-electron chi connectivity index (χ0n) is 11.2. The lowest BCUT2D eigenvalue weighted by Crippen LogP contribution is -2.31. The molecule has 0 radical (unpaired) electrons. The van der Waals surface area contributed by atoms with E-state index in [0.717, 1.165) is 32.6 Å². The van der Waals surface area contributed by atoms with E-state index in [1.54, 1.807) is 11.3 Å². The van der Waals surface area contributed by atoms with Crippen LogP contribution >= 0.6 is 11.3 Å². The minimum Gasteiger partial charge on any atom is -0.381 e. The first-order valence-electron chi connectivity index (χ1n) is 6.91. The second-order valence-electron chi connectivity index (χ2n) is 5.34. The first-order valence-corrected chi connectivity index (χ1v) is 7.72. The van der Waals surface area contributed by atoms with Gasteiger partial charge in [-0.05, 0) is 37.8 Å². The van der Waals surface area contributed by atoms with Crippen molar-refractivity contribution in [2.45, 2.75) is 25.9 Å². The zero-order chi connectivity index (χ0) is 13.2. The summed E-state index contributed by atoms with van der Waals surface area (Å²) < 4.78 is 5.40. The van der Waals surface area contributed by atoms with Crippen molar-refractivity contribution in [3.05, 3.63) is 21.9 Å². The van der Waals surface area contributed by atoms with Crippen LogP contribution in [-0.4, -0.2) is 37.1 Å². The van der Waals surface area contributed by atoms with Crippen molar-refractivity contribution in [2.75, 3.05) is 26.3 Å². The highest BCUT2D eigenvalue weighted by Crippen LogP contribution is 2.29. The van der Waals surface area contributed by atoms with Crippen LogP contribution in [-0.2, 0) is 9.53 Å². The number of carbonyl (C=O) groups is 1. The molecule has 1 aromatic rings. The molecule has 2 aliphatic heterocycles. The number of nitrogens with zero attached hydrogens (tertiary/aromatic N) is 1. The number of thiophene rings is 1. The lowest BCUT2D eigenvalue weighted by atomic mass is 10.0. The molecule has 4 nitrogen and oxygen atoms in total. The molecule has 104 valence electrons. The van der Waals surface area contributed by atoms with Gasteiger partial charge in [0.25, 0.3) is 0 Å².